The van der Waals surface area contributed by atoms with Crippen LogP contribution in [0.15, 0.2) is 0 Å². The van der Waals surface area contributed by atoms with Gasteiger partial charge in [0.05, 0.1) is 6.54 Å². The van der Waals surface area contributed by atoms with Crippen molar-refractivity contribution in [1.82, 2.24) is 15.5 Å². The summed E-state index contributed by atoms with van der Waals surface area (Å²) < 4.78 is 0. The molecule has 0 spiro atoms. The van der Waals surface area contributed by atoms with E-state index in [1.807, 2.05) is 13.8 Å². The lowest BCUT2D eigenvalue weighted by atomic mass is 9.90. The number of amides is 1. The molecule has 1 fully saturated rings. The quantitative estimate of drug-likeness (QED) is 0.766. The van der Waals surface area contributed by atoms with Crippen molar-refractivity contribution < 1.29 is 4.79 Å². The van der Waals surface area contributed by atoms with Gasteiger partial charge < -0.3 is 15.5 Å². The maximum absolute atomic E-state index is 11.6. The van der Waals surface area contributed by atoms with Gasteiger partial charge in [-0.3, -0.25) is 4.79 Å². The molecule has 0 radical (unpaired) electrons. The topological polar surface area (TPSA) is 44.4 Å². The first kappa shape index (κ1) is 14.5. The van der Waals surface area contributed by atoms with E-state index in [1.54, 1.807) is 0 Å². The van der Waals surface area contributed by atoms with Crippen LogP contribution in [0.4, 0.5) is 0 Å². The van der Waals surface area contributed by atoms with E-state index in [4.69, 9.17) is 0 Å². The van der Waals surface area contributed by atoms with Crippen LogP contribution >= 0.6 is 0 Å². The molecule has 0 aromatic rings. The first-order valence-corrected chi connectivity index (χ1v) is 6.63. The minimum atomic E-state index is 0.0961. The number of carbonyl (C=O) groups excluding carboxylic acids is 1. The van der Waals surface area contributed by atoms with Gasteiger partial charge in [-0.1, -0.05) is 6.92 Å². The van der Waals surface area contributed by atoms with E-state index >= 15 is 0 Å². The molecule has 4 nitrogen and oxygen atoms in total. The molecule has 4 heteroatoms. The first-order chi connectivity index (χ1) is 7.90. The highest BCUT2D eigenvalue weighted by Gasteiger charge is 2.28. The molecule has 0 aromatic carbocycles. The molecule has 1 aliphatic heterocycles. The Labute approximate surface area is 105 Å². The van der Waals surface area contributed by atoms with Crippen molar-refractivity contribution in [2.24, 2.45) is 5.92 Å². The molecule has 1 rings (SSSR count). The van der Waals surface area contributed by atoms with Gasteiger partial charge in [0.15, 0.2) is 0 Å². The molecule has 1 aliphatic rings. The van der Waals surface area contributed by atoms with Gasteiger partial charge >= 0.3 is 0 Å². The van der Waals surface area contributed by atoms with E-state index in [1.165, 1.54) is 0 Å². The van der Waals surface area contributed by atoms with Gasteiger partial charge in [0.2, 0.25) is 5.91 Å². The smallest absolute Gasteiger partial charge is 0.234 e. The summed E-state index contributed by atoms with van der Waals surface area (Å²) in [6.45, 7) is 10.00. The fourth-order valence-corrected chi connectivity index (χ4v) is 2.42. The van der Waals surface area contributed by atoms with E-state index in [-0.39, 0.29) is 11.9 Å². The second-order valence-corrected chi connectivity index (χ2v) is 5.71. The molecule has 1 saturated heterocycles. The van der Waals surface area contributed by atoms with Crippen molar-refractivity contribution in [3.63, 3.8) is 0 Å². The molecule has 0 unspecified atom stereocenters. The molecule has 17 heavy (non-hydrogen) atoms. The number of nitrogens with zero attached hydrogens (tertiary/aromatic N) is 1. The summed E-state index contributed by atoms with van der Waals surface area (Å²) in [5, 5.41) is 6.29. The predicted molar refractivity (Wildman–Crippen MR) is 70.9 cm³/mol. The summed E-state index contributed by atoms with van der Waals surface area (Å²) in [6, 6.07) is 1.27. The minimum absolute atomic E-state index is 0.0961. The van der Waals surface area contributed by atoms with Gasteiger partial charge in [0.25, 0.3) is 0 Å². The lowest BCUT2D eigenvalue weighted by Crippen LogP contribution is -2.52. The predicted octanol–water partition coefficient (Wildman–Crippen LogP) is 0.829. The Kier molecular flexibility index (Phi) is 5.40. The summed E-state index contributed by atoms with van der Waals surface area (Å²) in [4.78, 5) is 14.0. The molecule has 1 amide bonds. The SMILES string of the molecule is CC(C)NC(=O)CN[C@@H]1C[C@@H](C)N(C)C[C@H]1C. The van der Waals surface area contributed by atoms with Gasteiger partial charge in [-0.05, 0) is 40.2 Å². The van der Waals surface area contributed by atoms with E-state index in [0.717, 1.165) is 13.0 Å². The zero-order valence-corrected chi connectivity index (χ0v) is 11.8. The van der Waals surface area contributed by atoms with E-state index in [0.29, 0.717) is 24.5 Å². The van der Waals surface area contributed by atoms with Gasteiger partial charge in [-0.25, -0.2) is 0 Å². The average Bonchev–Trinajstić information content (AvgIpc) is 2.20. The Bertz CT molecular complexity index is 255. The fourth-order valence-electron chi connectivity index (χ4n) is 2.42. The van der Waals surface area contributed by atoms with Gasteiger partial charge in [-0.2, -0.15) is 0 Å². The van der Waals surface area contributed by atoms with Crippen LogP contribution in [0.25, 0.3) is 0 Å². The standard InChI is InChI=1S/C13H27N3O/c1-9(2)15-13(17)7-14-12-6-11(4)16(5)8-10(12)3/h9-12,14H,6-8H2,1-5H3,(H,15,17)/t10-,11-,12-/m1/s1. The first-order valence-electron chi connectivity index (χ1n) is 6.63. The number of carbonyl (C=O) groups is 1. The second kappa shape index (κ2) is 6.36. The summed E-state index contributed by atoms with van der Waals surface area (Å²) >= 11 is 0. The van der Waals surface area contributed by atoms with Crippen LogP contribution in [0.5, 0.6) is 0 Å². The van der Waals surface area contributed by atoms with Gasteiger partial charge in [0, 0.05) is 24.7 Å². The number of rotatable bonds is 4. The maximum atomic E-state index is 11.6. The molecule has 0 saturated carbocycles. The average molecular weight is 241 g/mol. The van der Waals surface area contributed by atoms with Crippen molar-refractivity contribution in [3.8, 4) is 0 Å². The molecule has 0 bridgehead atoms. The second-order valence-electron chi connectivity index (χ2n) is 5.71. The zero-order chi connectivity index (χ0) is 13.0. The Hall–Kier alpha value is -0.610. The minimum Gasteiger partial charge on any atom is -0.353 e. The maximum Gasteiger partial charge on any atom is 0.234 e. The summed E-state index contributed by atoms with van der Waals surface area (Å²) in [6.07, 6.45) is 1.12. The Morgan fingerprint density at radius 1 is 1.41 bits per heavy atom. The lowest BCUT2D eigenvalue weighted by molar-refractivity contribution is -0.121. The van der Waals surface area contributed by atoms with Crippen molar-refractivity contribution in [1.29, 1.82) is 0 Å². The van der Waals surface area contributed by atoms with Crippen LogP contribution < -0.4 is 10.6 Å². The fraction of sp³-hybridized carbons (Fsp3) is 0.923. The highest BCUT2D eigenvalue weighted by atomic mass is 16.1. The van der Waals surface area contributed by atoms with Gasteiger partial charge in [0.1, 0.15) is 0 Å². The largest absolute Gasteiger partial charge is 0.353 e. The summed E-state index contributed by atoms with van der Waals surface area (Å²) in [7, 11) is 2.17. The van der Waals surface area contributed by atoms with E-state index in [9.17, 15) is 4.79 Å². The molecular weight excluding hydrogens is 214 g/mol. The molecule has 1 heterocycles. The molecule has 2 N–H and O–H groups in total. The van der Waals surface area contributed by atoms with Crippen molar-refractivity contribution >= 4 is 5.91 Å². The highest BCUT2D eigenvalue weighted by Crippen LogP contribution is 2.20. The van der Waals surface area contributed by atoms with E-state index < -0.39 is 0 Å². The summed E-state index contributed by atoms with van der Waals surface area (Å²) in [5.74, 6) is 0.696. The molecular formula is C13H27N3O. The highest BCUT2D eigenvalue weighted by molar-refractivity contribution is 5.78. The Morgan fingerprint density at radius 3 is 2.65 bits per heavy atom. The molecule has 100 valence electrons. The van der Waals surface area contributed by atoms with E-state index in [2.05, 4.69) is 36.4 Å². The third-order valence-corrected chi connectivity index (χ3v) is 3.58. The molecule has 0 aromatic heterocycles. The van der Waals surface area contributed by atoms with Crippen molar-refractivity contribution in [3.05, 3.63) is 0 Å². The number of nitrogens with one attached hydrogen (secondary N) is 2. The van der Waals surface area contributed by atoms with Gasteiger partial charge in [-0.15, -0.1) is 0 Å². The number of likely N-dealkylation sites (tertiary alicyclic amines) is 1. The Balaban J connectivity index is 2.33. The number of hydrogen-bond acceptors (Lipinski definition) is 3. The number of hydrogen-bond donors (Lipinski definition) is 2. The molecule has 3 atom stereocenters. The zero-order valence-electron chi connectivity index (χ0n) is 11.8. The lowest BCUT2D eigenvalue weighted by Gasteiger charge is -2.40. The van der Waals surface area contributed by atoms with Crippen molar-refractivity contribution in [2.45, 2.75) is 52.2 Å². The molecule has 0 aliphatic carbocycles. The van der Waals surface area contributed by atoms with Crippen LogP contribution in [0, 0.1) is 5.92 Å². The van der Waals surface area contributed by atoms with Crippen LogP contribution in [-0.4, -0.2) is 49.1 Å². The monoisotopic (exact) mass is 241 g/mol. The van der Waals surface area contributed by atoms with Crippen LogP contribution in [0.1, 0.15) is 34.1 Å². The Morgan fingerprint density at radius 2 is 2.06 bits per heavy atom. The van der Waals surface area contributed by atoms with Crippen LogP contribution in [0.3, 0.4) is 0 Å². The number of piperidine rings is 1. The summed E-state index contributed by atoms with van der Waals surface area (Å²) in [5.41, 5.74) is 0. The third-order valence-electron chi connectivity index (χ3n) is 3.58. The van der Waals surface area contributed by atoms with Crippen LogP contribution in [0.2, 0.25) is 0 Å². The third kappa shape index (κ3) is 4.64. The normalized spacial score (nSPS) is 30.6. The van der Waals surface area contributed by atoms with Crippen LogP contribution in [-0.2, 0) is 4.79 Å². The van der Waals surface area contributed by atoms with Crippen molar-refractivity contribution in [2.75, 3.05) is 20.1 Å².